The quantitative estimate of drug-likeness (QED) is 0.613. The van der Waals surface area contributed by atoms with Crippen LogP contribution in [0.3, 0.4) is 0 Å². The van der Waals surface area contributed by atoms with Crippen LogP contribution >= 0.6 is 0 Å². The molecule has 1 aliphatic rings. The Balaban J connectivity index is 2.11. The highest BCUT2D eigenvalue weighted by molar-refractivity contribution is 5.31. The summed E-state index contributed by atoms with van der Waals surface area (Å²) in [7, 11) is 0. The smallest absolute Gasteiger partial charge is 0.120 e. The van der Waals surface area contributed by atoms with Crippen LogP contribution in [0.5, 0.6) is 5.75 Å². The van der Waals surface area contributed by atoms with Gasteiger partial charge in [-0.05, 0) is 56.2 Å². The zero-order chi connectivity index (χ0) is 14.5. The van der Waals surface area contributed by atoms with Crippen LogP contribution in [0.2, 0.25) is 0 Å². The molecule has 3 heteroatoms. The molecule has 0 radical (unpaired) electrons. The summed E-state index contributed by atoms with van der Waals surface area (Å²) in [5.41, 5.74) is 4.27. The van der Waals surface area contributed by atoms with E-state index in [0.29, 0.717) is 5.92 Å². The number of nitrogens with one attached hydrogen (secondary N) is 1. The lowest BCUT2D eigenvalue weighted by atomic mass is 9.91. The molecule has 1 fully saturated rings. The van der Waals surface area contributed by atoms with Gasteiger partial charge in [-0.3, -0.25) is 11.3 Å². The highest BCUT2D eigenvalue weighted by Crippen LogP contribution is 2.40. The van der Waals surface area contributed by atoms with Gasteiger partial charge in [0.25, 0.3) is 0 Å². The fraction of sp³-hybridized carbons (Fsp3) is 0.647. The predicted octanol–water partition coefficient (Wildman–Crippen LogP) is 3.80. The van der Waals surface area contributed by atoms with Gasteiger partial charge in [0.1, 0.15) is 5.75 Å². The lowest BCUT2D eigenvalue weighted by Gasteiger charge is -2.24. The van der Waals surface area contributed by atoms with Crippen molar-refractivity contribution in [3.63, 3.8) is 0 Å². The van der Waals surface area contributed by atoms with Gasteiger partial charge in [-0.25, -0.2) is 0 Å². The van der Waals surface area contributed by atoms with E-state index in [1.54, 1.807) is 0 Å². The van der Waals surface area contributed by atoms with Crippen LogP contribution in [0.1, 0.15) is 58.1 Å². The summed E-state index contributed by atoms with van der Waals surface area (Å²) in [5, 5.41) is 0. The lowest BCUT2D eigenvalue weighted by Crippen LogP contribution is -2.32. The SMILES string of the molecule is CCC1CCC(C(NN)c2cccc(OC(C)C)c2)C1. The van der Waals surface area contributed by atoms with Crippen molar-refractivity contribution in [3.8, 4) is 5.75 Å². The molecular formula is C17H28N2O. The van der Waals surface area contributed by atoms with E-state index in [0.717, 1.165) is 11.7 Å². The molecule has 112 valence electrons. The van der Waals surface area contributed by atoms with E-state index < -0.39 is 0 Å². The van der Waals surface area contributed by atoms with Crippen LogP contribution < -0.4 is 16.0 Å². The van der Waals surface area contributed by atoms with Gasteiger partial charge in [0.15, 0.2) is 0 Å². The Bertz CT molecular complexity index is 419. The minimum Gasteiger partial charge on any atom is -0.491 e. The third kappa shape index (κ3) is 3.74. The molecule has 3 N–H and O–H groups in total. The fourth-order valence-electron chi connectivity index (χ4n) is 3.35. The molecular weight excluding hydrogens is 248 g/mol. The van der Waals surface area contributed by atoms with Crippen molar-refractivity contribution in [2.75, 3.05) is 0 Å². The number of benzene rings is 1. The lowest BCUT2D eigenvalue weighted by molar-refractivity contribution is 0.241. The maximum Gasteiger partial charge on any atom is 0.120 e. The van der Waals surface area contributed by atoms with E-state index in [9.17, 15) is 0 Å². The number of rotatable bonds is 6. The molecule has 1 aromatic carbocycles. The van der Waals surface area contributed by atoms with E-state index in [4.69, 9.17) is 10.6 Å². The highest BCUT2D eigenvalue weighted by Gasteiger charge is 2.30. The first-order chi connectivity index (χ1) is 9.63. The first kappa shape index (κ1) is 15.3. The molecule has 0 bridgehead atoms. The van der Waals surface area contributed by atoms with Gasteiger partial charge < -0.3 is 4.74 Å². The standard InChI is InChI=1S/C17H28N2O/c1-4-13-8-9-15(10-13)17(19-18)14-6-5-7-16(11-14)20-12(2)3/h5-7,11-13,15,17,19H,4,8-10,18H2,1-3H3. The number of nitrogens with two attached hydrogens (primary N) is 1. The fourth-order valence-corrected chi connectivity index (χ4v) is 3.35. The molecule has 0 heterocycles. The summed E-state index contributed by atoms with van der Waals surface area (Å²) >= 11 is 0. The van der Waals surface area contributed by atoms with Crippen molar-refractivity contribution in [1.82, 2.24) is 5.43 Å². The second-order valence-electron chi connectivity index (χ2n) is 6.23. The Morgan fingerprint density at radius 2 is 2.15 bits per heavy atom. The van der Waals surface area contributed by atoms with Crippen molar-refractivity contribution < 1.29 is 4.74 Å². The average molecular weight is 276 g/mol. The van der Waals surface area contributed by atoms with E-state index in [2.05, 4.69) is 30.5 Å². The molecule has 1 aliphatic carbocycles. The molecule has 3 atom stereocenters. The monoisotopic (exact) mass is 276 g/mol. The van der Waals surface area contributed by atoms with E-state index in [1.807, 2.05) is 19.9 Å². The number of hydrogen-bond acceptors (Lipinski definition) is 3. The van der Waals surface area contributed by atoms with Crippen molar-refractivity contribution in [1.29, 1.82) is 0 Å². The molecule has 0 aliphatic heterocycles. The summed E-state index contributed by atoms with van der Waals surface area (Å²) in [4.78, 5) is 0. The Kier molecular flexibility index (Phi) is 5.44. The van der Waals surface area contributed by atoms with E-state index >= 15 is 0 Å². The topological polar surface area (TPSA) is 47.3 Å². The van der Waals surface area contributed by atoms with E-state index in [1.165, 1.54) is 31.2 Å². The van der Waals surface area contributed by atoms with Crippen molar-refractivity contribution in [3.05, 3.63) is 29.8 Å². The minimum absolute atomic E-state index is 0.200. The van der Waals surface area contributed by atoms with E-state index in [-0.39, 0.29) is 12.1 Å². The largest absolute Gasteiger partial charge is 0.491 e. The van der Waals surface area contributed by atoms with Crippen molar-refractivity contribution >= 4 is 0 Å². The molecule has 0 spiro atoms. The second-order valence-corrected chi connectivity index (χ2v) is 6.23. The highest BCUT2D eigenvalue weighted by atomic mass is 16.5. The molecule has 20 heavy (non-hydrogen) atoms. The zero-order valence-electron chi connectivity index (χ0n) is 12.9. The number of ether oxygens (including phenoxy) is 1. The van der Waals surface area contributed by atoms with Gasteiger partial charge in [0.2, 0.25) is 0 Å². The summed E-state index contributed by atoms with van der Waals surface area (Å²) in [6.07, 6.45) is 5.36. The third-order valence-corrected chi connectivity index (χ3v) is 4.40. The first-order valence-corrected chi connectivity index (χ1v) is 7.86. The summed E-state index contributed by atoms with van der Waals surface area (Å²) in [6, 6.07) is 8.59. The van der Waals surface area contributed by atoms with Gasteiger partial charge in [-0.2, -0.15) is 0 Å². The average Bonchev–Trinajstić information content (AvgIpc) is 2.88. The predicted molar refractivity (Wildman–Crippen MR) is 83.4 cm³/mol. The Hall–Kier alpha value is -1.06. The third-order valence-electron chi connectivity index (χ3n) is 4.40. The second kappa shape index (κ2) is 7.09. The maximum atomic E-state index is 5.83. The van der Waals surface area contributed by atoms with Crippen LogP contribution in [0, 0.1) is 11.8 Å². The summed E-state index contributed by atoms with van der Waals surface area (Å²) < 4.78 is 5.79. The Labute approximate surface area is 122 Å². The van der Waals surface area contributed by atoms with Gasteiger partial charge >= 0.3 is 0 Å². The van der Waals surface area contributed by atoms with Crippen LogP contribution in [0.25, 0.3) is 0 Å². The summed E-state index contributed by atoms with van der Waals surface area (Å²) in [6.45, 7) is 6.39. The van der Waals surface area contributed by atoms with Crippen LogP contribution in [0.4, 0.5) is 0 Å². The van der Waals surface area contributed by atoms with Crippen LogP contribution in [0.15, 0.2) is 24.3 Å². The van der Waals surface area contributed by atoms with Gasteiger partial charge in [0, 0.05) is 6.04 Å². The molecule has 1 aromatic rings. The Morgan fingerprint density at radius 1 is 1.35 bits per heavy atom. The number of hydrogen-bond donors (Lipinski definition) is 2. The molecule has 1 saturated carbocycles. The molecule has 0 aromatic heterocycles. The molecule has 0 saturated heterocycles. The molecule has 3 nitrogen and oxygen atoms in total. The molecule has 3 unspecified atom stereocenters. The minimum atomic E-state index is 0.200. The van der Waals surface area contributed by atoms with Gasteiger partial charge in [0.05, 0.1) is 6.10 Å². The summed E-state index contributed by atoms with van der Waals surface area (Å²) in [5.74, 6) is 8.27. The molecule has 2 rings (SSSR count). The first-order valence-electron chi connectivity index (χ1n) is 7.86. The van der Waals surface area contributed by atoms with Crippen molar-refractivity contribution in [2.45, 2.75) is 58.6 Å². The maximum absolute atomic E-state index is 5.83. The Morgan fingerprint density at radius 3 is 2.75 bits per heavy atom. The van der Waals surface area contributed by atoms with Crippen LogP contribution in [-0.4, -0.2) is 6.10 Å². The van der Waals surface area contributed by atoms with Crippen molar-refractivity contribution in [2.24, 2.45) is 17.7 Å². The van der Waals surface area contributed by atoms with Crippen LogP contribution in [-0.2, 0) is 0 Å². The molecule has 0 amide bonds. The number of hydrazine groups is 1. The zero-order valence-corrected chi connectivity index (χ0v) is 12.9. The van der Waals surface area contributed by atoms with Gasteiger partial charge in [-0.1, -0.05) is 31.9 Å². The van der Waals surface area contributed by atoms with Gasteiger partial charge in [-0.15, -0.1) is 0 Å². The normalized spacial score (nSPS) is 24.1.